The van der Waals surface area contributed by atoms with Crippen molar-refractivity contribution in [2.75, 3.05) is 39.8 Å². The van der Waals surface area contributed by atoms with Crippen molar-refractivity contribution in [1.82, 2.24) is 9.80 Å². The number of hydrogen-bond acceptors (Lipinski definition) is 5. The third-order valence-electron chi connectivity index (χ3n) is 5.87. The Morgan fingerprint density at radius 3 is 2.31 bits per heavy atom. The van der Waals surface area contributed by atoms with Crippen LogP contribution in [0.25, 0.3) is 0 Å². The van der Waals surface area contributed by atoms with Crippen LogP contribution < -0.4 is 5.46 Å². The van der Waals surface area contributed by atoms with Gasteiger partial charge in [0.05, 0.1) is 17.7 Å². The van der Waals surface area contributed by atoms with E-state index < -0.39 is 0 Å². The van der Waals surface area contributed by atoms with Gasteiger partial charge in [-0.3, -0.25) is 9.69 Å². The molecule has 0 unspecified atom stereocenters. The van der Waals surface area contributed by atoms with Crippen LogP contribution in [0.3, 0.4) is 0 Å². The van der Waals surface area contributed by atoms with E-state index in [0.29, 0.717) is 13.0 Å². The number of carbonyl (C=O) groups is 1. The van der Waals surface area contributed by atoms with E-state index in [1.807, 2.05) is 24.3 Å². The Bertz CT molecular complexity index is 638. The molecule has 0 spiro atoms. The number of piperazine rings is 1. The quantitative estimate of drug-likeness (QED) is 0.744. The minimum atomic E-state index is -0.382. The fraction of sp³-hybridized carbons (Fsp3) is 0.650. The van der Waals surface area contributed by atoms with Gasteiger partial charge in [-0.15, -0.1) is 0 Å². The standard InChI is InChI=1S/C20H31BN2O3/c1-19(2)20(3,4)26-21(25-19)17-8-6-7-16(13-17)14-18(24)15-23-11-9-22(5)10-12-23/h6-8,13H,9-12,14-15H2,1-5H3. The van der Waals surface area contributed by atoms with Crippen LogP contribution >= 0.6 is 0 Å². The van der Waals surface area contributed by atoms with Crippen LogP contribution in [-0.2, 0) is 20.5 Å². The van der Waals surface area contributed by atoms with E-state index in [2.05, 4.69) is 44.5 Å². The molecule has 5 nitrogen and oxygen atoms in total. The van der Waals surface area contributed by atoms with Gasteiger partial charge in [-0.2, -0.15) is 0 Å². The average molecular weight is 358 g/mol. The van der Waals surface area contributed by atoms with Crippen LogP contribution in [0.1, 0.15) is 33.3 Å². The van der Waals surface area contributed by atoms with E-state index in [-0.39, 0.29) is 24.1 Å². The van der Waals surface area contributed by atoms with Gasteiger partial charge < -0.3 is 14.2 Å². The number of Topliss-reactive ketones (excluding diaryl/α,β-unsaturated/α-hetero) is 1. The van der Waals surface area contributed by atoms with Gasteiger partial charge in [0.15, 0.2) is 5.78 Å². The first-order chi connectivity index (χ1) is 12.2. The van der Waals surface area contributed by atoms with E-state index in [1.165, 1.54) is 0 Å². The molecule has 3 rings (SSSR count). The van der Waals surface area contributed by atoms with Crippen molar-refractivity contribution in [3.05, 3.63) is 29.8 Å². The van der Waals surface area contributed by atoms with Crippen LogP contribution in [0.2, 0.25) is 0 Å². The molecule has 0 N–H and O–H groups in total. The van der Waals surface area contributed by atoms with Crippen LogP contribution in [-0.4, -0.2) is 73.7 Å². The number of nitrogens with zero attached hydrogens (tertiary/aromatic N) is 2. The molecule has 0 amide bonds. The predicted molar refractivity (Wildman–Crippen MR) is 105 cm³/mol. The van der Waals surface area contributed by atoms with E-state index in [4.69, 9.17) is 9.31 Å². The second-order valence-electron chi connectivity index (χ2n) is 8.63. The molecule has 1 aromatic rings. The van der Waals surface area contributed by atoms with E-state index >= 15 is 0 Å². The Morgan fingerprint density at radius 1 is 1.08 bits per heavy atom. The average Bonchev–Trinajstić information content (AvgIpc) is 2.78. The first kappa shape index (κ1) is 19.6. The molecule has 0 radical (unpaired) electrons. The Labute approximate surface area is 157 Å². The molecule has 0 bridgehead atoms. The molecule has 2 aliphatic rings. The molecule has 0 atom stereocenters. The molecular formula is C20H31BN2O3. The third-order valence-corrected chi connectivity index (χ3v) is 5.87. The predicted octanol–water partition coefficient (Wildman–Crippen LogP) is 1.34. The lowest BCUT2D eigenvalue weighted by molar-refractivity contribution is -0.119. The summed E-state index contributed by atoms with van der Waals surface area (Å²) in [7, 11) is 1.74. The molecular weight excluding hydrogens is 327 g/mol. The van der Waals surface area contributed by atoms with E-state index in [1.54, 1.807) is 0 Å². The van der Waals surface area contributed by atoms with E-state index in [0.717, 1.165) is 37.2 Å². The minimum absolute atomic E-state index is 0.264. The van der Waals surface area contributed by atoms with Gasteiger partial charge in [-0.05, 0) is 45.8 Å². The van der Waals surface area contributed by atoms with E-state index in [9.17, 15) is 4.79 Å². The summed E-state index contributed by atoms with van der Waals surface area (Å²) in [6.07, 6.45) is 0.458. The summed E-state index contributed by atoms with van der Waals surface area (Å²) in [6, 6.07) is 8.05. The molecule has 0 aromatic heterocycles. The highest BCUT2D eigenvalue weighted by Gasteiger charge is 2.51. The first-order valence-electron chi connectivity index (χ1n) is 9.53. The van der Waals surface area contributed by atoms with Crippen LogP contribution in [0.4, 0.5) is 0 Å². The molecule has 2 saturated heterocycles. The summed E-state index contributed by atoms with van der Waals surface area (Å²) in [4.78, 5) is 17.0. The minimum Gasteiger partial charge on any atom is -0.399 e. The highest BCUT2D eigenvalue weighted by Crippen LogP contribution is 2.36. The maximum absolute atomic E-state index is 12.5. The van der Waals surface area contributed by atoms with Crippen LogP contribution in [0, 0.1) is 0 Å². The summed E-state index contributed by atoms with van der Waals surface area (Å²) < 4.78 is 12.2. The normalized spacial score (nSPS) is 23.3. The van der Waals surface area contributed by atoms with Gasteiger partial charge in [0, 0.05) is 32.6 Å². The lowest BCUT2D eigenvalue weighted by Gasteiger charge is -2.32. The van der Waals surface area contributed by atoms with Crippen molar-refractivity contribution in [1.29, 1.82) is 0 Å². The molecule has 142 valence electrons. The van der Waals surface area contributed by atoms with Crippen LogP contribution in [0.5, 0.6) is 0 Å². The fourth-order valence-electron chi connectivity index (χ4n) is 3.37. The molecule has 2 aliphatic heterocycles. The summed E-state index contributed by atoms with van der Waals surface area (Å²) in [5.41, 5.74) is 1.29. The number of likely N-dealkylation sites (N-methyl/N-ethyl adjacent to an activating group) is 1. The Kier molecular flexibility index (Phi) is 5.59. The molecule has 0 saturated carbocycles. The Balaban J connectivity index is 1.60. The smallest absolute Gasteiger partial charge is 0.399 e. The van der Waals surface area contributed by atoms with Crippen LogP contribution in [0.15, 0.2) is 24.3 Å². The molecule has 0 aliphatic carbocycles. The second kappa shape index (κ2) is 7.43. The number of carbonyl (C=O) groups excluding carboxylic acids is 1. The monoisotopic (exact) mass is 358 g/mol. The highest BCUT2D eigenvalue weighted by molar-refractivity contribution is 6.62. The molecule has 26 heavy (non-hydrogen) atoms. The largest absolute Gasteiger partial charge is 0.494 e. The summed E-state index contributed by atoms with van der Waals surface area (Å²) in [6.45, 7) is 12.7. The Morgan fingerprint density at radius 2 is 1.69 bits per heavy atom. The molecule has 2 fully saturated rings. The fourth-order valence-corrected chi connectivity index (χ4v) is 3.37. The summed E-state index contributed by atoms with van der Waals surface area (Å²) >= 11 is 0. The van der Waals surface area contributed by atoms with Crippen molar-refractivity contribution >= 4 is 18.4 Å². The Hall–Kier alpha value is -1.21. The zero-order valence-electron chi connectivity index (χ0n) is 16.7. The van der Waals surface area contributed by atoms with Gasteiger partial charge >= 0.3 is 7.12 Å². The zero-order chi connectivity index (χ0) is 18.9. The SMILES string of the molecule is CN1CCN(CC(=O)Cc2cccc(B3OC(C)(C)C(C)(C)O3)c2)CC1. The van der Waals surface area contributed by atoms with Gasteiger partial charge in [0.2, 0.25) is 0 Å². The number of hydrogen-bond donors (Lipinski definition) is 0. The maximum atomic E-state index is 12.5. The van der Waals surface area contributed by atoms with Gasteiger partial charge in [0.25, 0.3) is 0 Å². The van der Waals surface area contributed by atoms with Crippen molar-refractivity contribution in [3.8, 4) is 0 Å². The van der Waals surface area contributed by atoms with Gasteiger partial charge in [-0.1, -0.05) is 24.3 Å². The lowest BCUT2D eigenvalue weighted by atomic mass is 9.78. The summed E-state index contributed by atoms with van der Waals surface area (Å²) in [5, 5.41) is 0. The number of rotatable bonds is 5. The molecule has 2 heterocycles. The number of ketones is 1. The molecule has 6 heteroatoms. The van der Waals surface area contributed by atoms with Gasteiger partial charge in [0.1, 0.15) is 0 Å². The topological polar surface area (TPSA) is 42.0 Å². The summed E-state index contributed by atoms with van der Waals surface area (Å²) in [5.74, 6) is 0.264. The highest BCUT2D eigenvalue weighted by atomic mass is 16.7. The van der Waals surface area contributed by atoms with Crippen molar-refractivity contribution < 1.29 is 14.1 Å². The zero-order valence-corrected chi connectivity index (χ0v) is 16.7. The maximum Gasteiger partial charge on any atom is 0.494 e. The van der Waals surface area contributed by atoms with Crippen molar-refractivity contribution in [2.45, 2.75) is 45.3 Å². The third kappa shape index (κ3) is 4.37. The number of benzene rings is 1. The van der Waals surface area contributed by atoms with Gasteiger partial charge in [-0.25, -0.2) is 0 Å². The van der Waals surface area contributed by atoms with Crippen molar-refractivity contribution in [3.63, 3.8) is 0 Å². The van der Waals surface area contributed by atoms with Crippen molar-refractivity contribution in [2.24, 2.45) is 0 Å². The lowest BCUT2D eigenvalue weighted by Crippen LogP contribution is -2.46. The first-order valence-corrected chi connectivity index (χ1v) is 9.53. The molecule has 1 aromatic carbocycles. The second-order valence-corrected chi connectivity index (χ2v) is 8.63.